The summed E-state index contributed by atoms with van der Waals surface area (Å²) in [7, 11) is 0. The van der Waals surface area contributed by atoms with Crippen LogP contribution in [0.4, 0.5) is 4.79 Å². The Morgan fingerprint density at radius 1 is 1.28 bits per heavy atom. The van der Waals surface area contributed by atoms with Crippen LogP contribution in [0.2, 0.25) is 0 Å². The van der Waals surface area contributed by atoms with Crippen molar-refractivity contribution in [3.05, 3.63) is 0 Å². The molecule has 1 aliphatic heterocycles. The monoisotopic (exact) mass is 259 g/mol. The third kappa shape index (κ3) is 4.89. The predicted octanol–water partition coefficient (Wildman–Crippen LogP) is -0.785. The number of nitrogens with zero attached hydrogens (tertiary/aromatic N) is 1. The molecule has 0 spiro atoms. The summed E-state index contributed by atoms with van der Waals surface area (Å²) in [6, 6.07) is -1.89. The molecule has 4 N–H and O–H groups in total. The highest BCUT2D eigenvalue weighted by atomic mass is 16.4. The molecule has 18 heavy (non-hydrogen) atoms. The molecule has 0 radical (unpaired) electrons. The van der Waals surface area contributed by atoms with E-state index in [1.807, 2.05) is 6.92 Å². The first-order valence-corrected chi connectivity index (χ1v) is 6.16. The lowest BCUT2D eigenvalue weighted by Gasteiger charge is -2.22. The SMILES string of the molecule is CC(CN1CCCC1)NC(=O)N[C@@H](CO)C(=O)O. The zero-order valence-electron chi connectivity index (χ0n) is 10.6. The van der Waals surface area contributed by atoms with Crippen LogP contribution >= 0.6 is 0 Å². The van der Waals surface area contributed by atoms with Crippen LogP contribution in [0.1, 0.15) is 19.8 Å². The molecule has 1 aliphatic rings. The van der Waals surface area contributed by atoms with Gasteiger partial charge in [-0.15, -0.1) is 0 Å². The molecule has 1 heterocycles. The first-order valence-electron chi connectivity index (χ1n) is 6.16. The molecule has 104 valence electrons. The molecule has 1 saturated heterocycles. The Morgan fingerprint density at radius 2 is 1.89 bits per heavy atom. The van der Waals surface area contributed by atoms with Crippen LogP contribution < -0.4 is 10.6 Å². The predicted molar refractivity (Wildman–Crippen MR) is 65.3 cm³/mol. The second kappa shape index (κ2) is 7.17. The van der Waals surface area contributed by atoms with Gasteiger partial charge in [0.25, 0.3) is 0 Å². The van der Waals surface area contributed by atoms with E-state index in [0.29, 0.717) is 0 Å². The zero-order valence-corrected chi connectivity index (χ0v) is 10.6. The molecule has 0 bridgehead atoms. The number of likely N-dealkylation sites (tertiary alicyclic amines) is 1. The van der Waals surface area contributed by atoms with Gasteiger partial charge in [-0.3, -0.25) is 0 Å². The Hall–Kier alpha value is -1.34. The Morgan fingerprint density at radius 3 is 2.39 bits per heavy atom. The van der Waals surface area contributed by atoms with E-state index in [-0.39, 0.29) is 6.04 Å². The van der Waals surface area contributed by atoms with E-state index in [0.717, 1.165) is 19.6 Å². The van der Waals surface area contributed by atoms with Crippen LogP contribution in [0.15, 0.2) is 0 Å². The molecule has 7 heteroatoms. The summed E-state index contributed by atoms with van der Waals surface area (Å²) < 4.78 is 0. The fourth-order valence-electron chi connectivity index (χ4n) is 2.01. The van der Waals surface area contributed by atoms with Gasteiger partial charge in [0.1, 0.15) is 0 Å². The van der Waals surface area contributed by atoms with E-state index >= 15 is 0 Å². The van der Waals surface area contributed by atoms with Crippen molar-refractivity contribution in [2.24, 2.45) is 0 Å². The van der Waals surface area contributed by atoms with E-state index in [2.05, 4.69) is 15.5 Å². The lowest BCUT2D eigenvalue weighted by atomic mass is 10.3. The fourth-order valence-corrected chi connectivity index (χ4v) is 2.01. The van der Waals surface area contributed by atoms with Crippen LogP contribution in [-0.4, -0.2) is 65.4 Å². The molecule has 1 unspecified atom stereocenters. The van der Waals surface area contributed by atoms with Gasteiger partial charge in [0.15, 0.2) is 6.04 Å². The highest BCUT2D eigenvalue weighted by Crippen LogP contribution is 2.07. The van der Waals surface area contributed by atoms with E-state index in [4.69, 9.17) is 10.2 Å². The van der Waals surface area contributed by atoms with Crippen molar-refractivity contribution in [2.75, 3.05) is 26.2 Å². The van der Waals surface area contributed by atoms with Crippen LogP contribution in [0.5, 0.6) is 0 Å². The van der Waals surface area contributed by atoms with Crippen molar-refractivity contribution in [3.63, 3.8) is 0 Å². The van der Waals surface area contributed by atoms with E-state index < -0.39 is 24.6 Å². The number of urea groups is 1. The van der Waals surface area contributed by atoms with Crippen molar-refractivity contribution in [1.82, 2.24) is 15.5 Å². The lowest BCUT2D eigenvalue weighted by molar-refractivity contribution is -0.140. The maximum Gasteiger partial charge on any atom is 0.328 e. The molecule has 2 amide bonds. The van der Waals surface area contributed by atoms with Crippen molar-refractivity contribution in [3.8, 4) is 0 Å². The van der Waals surface area contributed by atoms with Crippen molar-refractivity contribution >= 4 is 12.0 Å². The summed E-state index contributed by atoms with van der Waals surface area (Å²) in [6.45, 7) is 4.09. The van der Waals surface area contributed by atoms with Crippen LogP contribution in [0.3, 0.4) is 0 Å². The summed E-state index contributed by atoms with van der Waals surface area (Å²) in [5.41, 5.74) is 0. The van der Waals surface area contributed by atoms with E-state index in [1.165, 1.54) is 12.8 Å². The summed E-state index contributed by atoms with van der Waals surface area (Å²) in [5.74, 6) is -1.25. The smallest absolute Gasteiger partial charge is 0.328 e. The number of aliphatic carboxylic acids is 1. The normalized spacial score (nSPS) is 19.2. The molecular formula is C11H21N3O4. The number of carboxylic acids is 1. The number of aliphatic hydroxyl groups excluding tert-OH is 1. The standard InChI is InChI=1S/C11H21N3O4/c1-8(6-14-4-2-3-5-14)12-11(18)13-9(7-15)10(16)17/h8-9,15H,2-7H2,1H3,(H,16,17)(H2,12,13,18)/t8?,9-/m0/s1. The van der Waals surface area contributed by atoms with Crippen molar-refractivity contribution < 1.29 is 19.8 Å². The first kappa shape index (κ1) is 14.7. The van der Waals surface area contributed by atoms with Crippen molar-refractivity contribution in [2.45, 2.75) is 31.8 Å². The Bertz CT molecular complexity index is 292. The Kier molecular flexibility index (Phi) is 5.87. The number of aliphatic hydroxyl groups is 1. The van der Waals surface area contributed by atoms with Gasteiger partial charge in [-0.25, -0.2) is 9.59 Å². The average molecular weight is 259 g/mol. The summed E-state index contributed by atoms with van der Waals surface area (Å²) in [4.78, 5) is 24.4. The number of carboxylic acid groups (broad SMARTS) is 1. The number of hydrogen-bond donors (Lipinski definition) is 4. The fraction of sp³-hybridized carbons (Fsp3) is 0.818. The lowest BCUT2D eigenvalue weighted by Crippen LogP contribution is -2.51. The number of carbonyl (C=O) groups excluding carboxylic acids is 1. The van der Waals surface area contributed by atoms with Gasteiger partial charge in [0.05, 0.1) is 6.61 Å². The van der Waals surface area contributed by atoms with Gasteiger partial charge in [0.2, 0.25) is 0 Å². The molecule has 0 aliphatic carbocycles. The zero-order chi connectivity index (χ0) is 13.5. The Balaban J connectivity index is 2.27. The molecular weight excluding hydrogens is 238 g/mol. The van der Waals surface area contributed by atoms with Gasteiger partial charge >= 0.3 is 12.0 Å². The van der Waals surface area contributed by atoms with Crippen LogP contribution in [-0.2, 0) is 4.79 Å². The topological polar surface area (TPSA) is 102 Å². The van der Waals surface area contributed by atoms with Crippen molar-refractivity contribution in [1.29, 1.82) is 0 Å². The highest BCUT2D eigenvalue weighted by Gasteiger charge is 2.20. The Labute approximate surface area is 106 Å². The number of nitrogens with one attached hydrogen (secondary N) is 2. The first-order chi connectivity index (χ1) is 8.52. The number of carbonyl (C=O) groups is 2. The maximum atomic E-state index is 11.5. The van der Waals surface area contributed by atoms with E-state index in [9.17, 15) is 9.59 Å². The quantitative estimate of drug-likeness (QED) is 0.501. The van der Waals surface area contributed by atoms with Gasteiger partial charge in [0, 0.05) is 12.6 Å². The molecule has 0 aromatic rings. The molecule has 1 rings (SSSR count). The molecule has 7 nitrogen and oxygen atoms in total. The van der Waals surface area contributed by atoms with E-state index in [1.54, 1.807) is 0 Å². The molecule has 0 aromatic heterocycles. The largest absolute Gasteiger partial charge is 0.480 e. The molecule has 1 fully saturated rings. The number of rotatable bonds is 6. The second-order valence-corrected chi connectivity index (χ2v) is 4.60. The van der Waals surface area contributed by atoms with Gasteiger partial charge < -0.3 is 25.7 Å². The maximum absolute atomic E-state index is 11.5. The summed E-state index contributed by atoms with van der Waals surface area (Å²) >= 11 is 0. The van der Waals surface area contributed by atoms with Crippen LogP contribution in [0.25, 0.3) is 0 Å². The second-order valence-electron chi connectivity index (χ2n) is 4.60. The van der Waals surface area contributed by atoms with Crippen LogP contribution in [0, 0.1) is 0 Å². The molecule has 2 atom stereocenters. The summed E-state index contributed by atoms with van der Waals surface area (Å²) in [6.07, 6.45) is 2.37. The third-order valence-electron chi connectivity index (χ3n) is 2.89. The van der Waals surface area contributed by atoms with Gasteiger partial charge in [-0.2, -0.15) is 0 Å². The minimum absolute atomic E-state index is 0.0590. The summed E-state index contributed by atoms with van der Waals surface area (Å²) in [5, 5.41) is 22.3. The van der Waals surface area contributed by atoms with Gasteiger partial charge in [-0.05, 0) is 32.9 Å². The minimum Gasteiger partial charge on any atom is -0.480 e. The third-order valence-corrected chi connectivity index (χ3v) is 2.89. The van der Waals surface area contributed by atoms with Gasteiger partial charge in [-0.1, -0.05) is 0 Å². The molecule has 0 saturated carbocycles. The number of hydrogen-bond acceptors (Lipinski definition) is 4. The molecule has 0 aromatic carbocycles. The highest BCUT2D eigenvalue weighted by molar-refractivity contribution is 5.82. The minimum atomic E-state index is -1.26. The average Bonchev–Trinajstić information content (AvgIpc) is 2.77. The number of amides is 2.